The quantitative estimate of drug-likeness (QED) is 0.844. The van der Waals surface area contributed by atoms with Crippen molar-refractivity contribution in [3.63, 3.8) is 0 Å². The van der Waals surface area contributed by atoms with E-state index in [1.165, 1.54) is 12.1 Å². The summed E-state index contributed by atoms with van der Waals surface area (Å²) in [4.78, 5) is 11.7. The number of carbonyl (C=O) groups is 1. The van der Waals surface area contributed by atoms with Crippen molar-refractivity contribution in [1.29, 1.82) is 0 Å². The average molecular weight is 277 g/mol. The molecule has 0 saturated heterocycles. The highest BCUT2D eigenvalue weighted by Crippen LogP contribution is 2.20. The molecule has 0 fully saturated rings. The maximum Gasteiger partial charge on any atom is 0.253 e. The van der Waals surface area contributed by atoms with E-state index in [0.717, 1.165) is 12.1 Å². The van der Waals surface area contributed by atoms with Gasteiger partial charge >= 0.3 is 0 Å². The number of rotatable bonds is 4. The molecule has 0 aliphatic rings. The summed E-state index contributed by atoms with van der Waals surface area (Å²) >= 11 is 0. The number of alkyl halides is 1. The second-order valence-electron chi connectivity index (χ2n) is 4.24. The lowest BCUT2D eigenvalue weighted by Gasteiger charge is -2.17. The van der Waals surface area contributed by atoms with Crippen LogP contribution in [-0.4, -0.2) is 17.2 Å². The van der Waals surface area contributed by atoms with Gasteiger partial charge in [0.25, 0.3) is 5.91 Å². The molecule has 0 aromatic heterocycles. The summed E-state index contributed by atoms with van der Waals surface area (Å²) in [5.74, 6) is -1.08. The van der Waals surface area contributed by atoms with Gasteiger partial charge in [-0.2, -0.15) is 0 Å². The highest BCUT2D eigenvalue weighted by Gasteiger charge is 2.22. The molecule has 1 amide bonds. The van der Waals surface area contributed by atoms with Crippen LogP contribution in [0.25, 0.3) is 0 Å². The lowest BCUT2D eigenvalue weighted by atomic mass is 10.1. The number of carbonyl (C=O) groups excluding carboxylic acids is 1. The second kappa shape index (κ2) is 6.25. The molecule has 0 radical (unpaired) electrons. The number of halogens is 2. The van der Waals surface area contributed by atoms with Gasteiger partial charge in [-0.05, 0) is 29.8 Å². The Hall–Kier alpha value is -2.27. The maximum atomic E-state index is 13.9. The molecule has 2 rings (SSSR count). The van der Waals surface area contributed by atoms with Gasteiger partial charge in [-0.3, -0.25) is 4.79 Å². The van der Waals surface area contributed by atoms with E-state index in [2.05, 4.69) is 5.32 Å². The SMILES string of the molecule is O=C(N[C@H](O)[C@@H](F)c1ccc(F)cc1)c1ccccc1. The minimum Gasteiger partial charge on any atom is -0.370 e. The Bertz CT molecular complexity index is 572. The molecular formula is C15H13F2NO2. The molecule has 0 saturated carbocycles. The number of hydrogen-bond acceptors (Lipinski definition) is 2. The van der Waals surface area contributed by atoms with Gasteiger partial charge in [0.05, 0.1) is 0 Å². The number of aliphatic hydroxyl groups is 1. The fourth-order valence-electron chi connectivity index (χ4n) is 1.71. The third-order valence-corrected chi connectivity index (χ3v) is 2.78. The Morgan fingerprint density at radius 3 is 2.25 bits per heavy atom. The van der Waals surface area contributed by atoms with Crippen LogP contribution < -0.4 is 5.32 Å². The molecule has 2 aromatic carbocycles. The summed E-state index contributed by atoms with van der Waals surface area (Å²) in [7, 11) is 0. The molecule has 0 heterocycles. The number of benzene rings is 2. The number of amides is 1. The summed E-state index contributed by atoms with van der Waals surface area (Å²) in [6.07, 6.45) is -3.53. The van der Waals surface area contributed by atoms with Crippen LogP contribution >= 0.6 is 0 Å². The van der Waals surface area contributed by atoms with Gasteiger partial charge in [0.2, 0.25) is 0 Å². The van der Waals surface area contributed by atoms with E-state index in [1.807, 2.05) is 0 Å². The number of nitrogens with one attached hydrogen (secondary N) is 1. The highest BCUT2D eigenvalue weighted by atomic mass is 19.1. The predicted octanol–water partition coefficient (Wildman–Crippen LogP) is 2.58. The summed E-state index contributed by atoms with van der Waals surface area (Å²) in [6.45, 7) is 0. The fourth-order valence-corrected chi connectivity index (χ4v) is 1.71. The average Bonchev–Trinajstić information content (AvgIpc) is 2.48. The Kier molecular flexibility index (Phi) is 4.42. The molecule has 0 bridgehead atoms. The summed E-state index contributed by atoms with van der Waals surface area (Å²) < 4.78 is 26.7. The van der Waals surface area contributed by atoms with Crippen LogP contribution in [-0.2, 0) is 0 Å². The highest BCUT2D eigenvalue weighted by molar-refractivity contribution is 5.94. The first-order valence-electron chi connectivity index (χ1n) is 6.01. The van der Waals surface area contributed by atoms with Crippen LogP contribution in [0, 0.1) is 5.82 Å². The summed E-state index contributed by atoms with van der Waals surface area (Å²) in [5.41, 5.74) is 0.408. The Morgan fingerprint density at radius 2 is 1.65 bits per heavy atom. The van der Waals surface area contributed by atoms with E-state index in [1.54, 1.807) is 30.3 Å². The first kappa shape index (κ1) is 14.1. The van der Waals surface area contributed by atoms with Crippen LogP contribution in [0.3, 0.4) is 0 Å². The van der Waals surface area contributed by atoms with E-state index >= 15 is 0 Å². The van der Waals surface area contributed by atoms with Crippen molar-refractivity contribution in [2.75, 3.05) is 0 Å². The maximum absolute atomic E-state index is 13.9. The zero-order chi connectivity index (χ0) is 14.5. The third-order valence-electron chi connectivity index (χ3n) is 2.78. The predicted molar refractivity (Wildman–Crippen MR) is 70.2 cm³/mol. The third kappa shape index (κ3) is 3.39. The smallest absolute Gasteiger partial charge is 0.253 e. The van der Waals surface area contributed by atoms with Crippen molar-refractivity contribution in [3.05, 3.63) is 71.5 Å². The molecule has 5 heteroatoms. The Balaban J connectivity index is 2.02. The van der Waals surface area contributed by atoms with Gasteiger partial charge in [0, 0.05) is 5.56 Å². The molecule has 2 N–H and O–H groups in total. The minimum atomic E-state index is -1.83. The van der Waals surface area contributed by atoms with Gasteiger partial charge in [0.15, 0.2) is 12.4 Å². The fraction of sp³-hybridized carbons (Fsp3) is 0.133. The topological polar surface area (TPSA) is 49.3 Å². The molecule has 0 unspecified atom stereocenters. The van der Waals surface area contributed by atoms with Crippen molar-refractivity contribution in [1.82, 2.24) is 5.32 Å². The van der Waals surface area contributed by atoms with Gasteiger partial charge in [-0.25, -0.2) is 8.78 Å². The number of hydrogen-bond donors (Lipinski definition) is 2. The first-order valence-corrected chi connectivity index (χ1v) is 6.01. The molecule has 20 heavy (non-hydrogen) atoms. The summed E-state index contributed by atoms with van der Waals surface area (Å²) in [6, 6.07) is 12.8. The van der Waals surface area contributed by atoms with Crippen molar-refractivity contribution in [2.24, 2.45) is 0 Å². The molecule has 3 nitrogen and oxygen atoms in total. The Morgan fingerprint density at radius 1 is 1.05 bits per heavy atom. The van der Waals surface area contributed by atoms with E-state index in [0.29, 0.717) is 5.56 Å². The van der Waals surface area contributed by atoms with Gasteiger partial charge < -0.3 is 10.4 Å². The second-order valence-corrected chi connectivity index (χ2v) is 4.24. The normalized spacial score (nSPS) is 13.6. The molecule has 104 valence electrons. The van der Waals surface area contributed by atoms with E-state index < -0.39 is 24.1 Å². The van der Waals surface area contributed by atoms with E-state index in [9.17, 15) is 18.7 Å². The van der Waals surface area contributed by atoms with E-state index in [-0.39, 0.29) is 5.56 Å². The van der Waals surface area contributed by atoms with Crippen molar-refractivity contribution >= 4 is 5.91 Å². The minimum absolute atomic E-state index is 0.0901. The van der Waals surface area contributed by atoms with Crippen LogP contribution in [0.5, 0.6) is 0 Å². The molecule has 0 aliphatic carbocycles. The molecule has 0 spiro atoms. The zero-order valence-electron chi connectivity index (χ0n) is 10.5. The van der Waals surface area contributed by atoms with Crippen molar-refractivity contribution < 1.29 is 18.7 Å². The van der Waals surface area contributed by atoms with Gasteiger partial charge in [0.1, 0.15) is 5.82 Å². The largest absolute Gasteiger partial charge is 0.370 e. The van der Waals surface area contributed by atoms with Crippen molar-refractivity contribution in [2.45, 2.75) is 12.4 Å². The lowest BCUT2D eigenvalue weighted by molar-refractivity contribution is 0.0421. The molecule has 2 aromatic rings. The standard InChI is InChI=1S/C15H13F2NO2/c16-12-8-6-10(7-9-12)13(17)15(20)18-14(19)11-4-2-1-3-5-11/h1-9,13,15,20H,(H,18,19)/t13-,15+/m0/s1. The molecule has 0 aliphatic heterocycles. The first-order chi connectivity index (χ1) is 9.58. The molecular weight excluding hydrogens is 264 g/mol. The van der Waals surface area contributed by atoms with Gasteiger partial charge in [-0.15, -0.1) is 0 Å². The van der Waals surface area contributed by atoms with Crippen molar-refractivity contribution in [3.8, 4) is 0 Å². The zero-order valence-corrected chi connectivity index (χ0v) is 10.5. The van der Waals surface area contributed by atoms with Crippen LogP contribution in [0.2, 0.25) is 0 Å². The number of aliphatic hydroxyl groups excluding tert-OH is 1. The molecule has 2 atom stereocenters. The summed E-state index contributed by atoms with van der Waals surface area (Å²) in [5, 5.41) is 11.8. The van der Waals surface area contributed by atoms with Crippen LogP contribution in [0.4, 0.5) is 8.78 Å². The van der Waals surface area contributed by atoms with Gasteiger partial charge in [-0.1, -0.05) is 30.3 Å². The van der Waals surface area contributed by atoms with Crippen LogP contribution in [0.15, 0.2) is 54.6 Å². The van der Waals surface area contributed by atoms with E-state index in [4.69, 9.17) is 0 Å². The monoisotopic (exact) mass is 277 g/mol. The Labute approximate surface area is 114 Å². The van der Waals surface area contributed by atoms with Crippen LogP contribution in [0.1, 0.15) is 22.1 Å². The lowest BCUT2D eigenvalue weighted by Crippen LogP contribution is -2.37.